The van der Waals surface area contributed by atoms with Gasteiger partial charge in [0.1, 0.15) is 0 Å². The van der Waals surface area contributed by atoms with Gasteiger partial charge < -0.3 is 0 Å². The monoisotopic (exact) mass is 407 g/mol. The zero-order chi connectivity index (χ0) is 22.1. The lowest BCUT2D eigenvalue weighted by Crippen LogP contribution is -2.42. The molecule has 30 heavy (non-hydrogen) atoms. The summed E-state index contributed by atoms with van der Waals surface area (Å²) in [6.45, 7) is 10.9. The number of rotatable bonds is 3. The summed E-state index contributed by atoms with van der Waals surface area (Å²) in [6.07, 6.45) is 0. The van der Waals surface area contributed by atoms with Gasteiger partial charge in [-0.1, -0.05) is 6.07 Å². The molecule has 3 heterocycles. The molecular weight excluding hydrogens is 382 g/mol. The molecule has 0 aliphatic carbocycles. The van der Waals surface area contributed by atoms with E-state index in [0.29, 0.717) is 16.9 Å². The van der Waals surface area contributed by atoms with Crippen LogP contribution in [0.2, 0.25) is 0 Å². The maximum Gasteiger partial charge on any atom is 0.333 e. The van der Waals surface area contributed by atoms with Crippen molar-refractivity contribution in [3.05, 3.63) is 61.6 Å². The SMILES string of the molecule is CC(=O)C(C)n1c(=O)c2c(nc3n(-c4cc(C)cc(C)c4)c(C)c(C)n23)n(C)c1=O. The standard InChI is InChI=1S/C22H25N5O3/c1-11-8-12(2)10-17(9-11)25-13(3)14(4)26-18-19(23-21(25)26)24(7)22(30)27(20(18)29)15(5)16(6)28/h8-10,15H,1-7H3. The molecule has 1 aromatic carbocycles. The molecule has 3 aromatic heterocycles. The third kappa shape index (κ3) is 2.59. The van der Waals surface area contributed by atoms with E-state index in [1.807, 2.05) is 32.3 Å². The Morgan fingerprint density at radius 2 is 1.60 bits per heavy atom. The number of aromatic nitrogens is 5. The zero-order valence-corrected chi connectivity index (χ0v) is 18.3. The third-order valence-corrected chi connectivity index (χ3v) is 5.91. The smallest absolute Gasteiger partial charge is 0.298 e. The molecule has 0 amide bonds. The molecule has 0 aliphatic heterocycles. The second-order valence-corrected chi connectivity index (χ2v) is 8.07. The van der Waals surface area contributed by atoms with E-state index in [9.17, 15) is 14.4 Å². The maximum absolute atomic E-state index is 13.4. The van der Waals surface area contributed by atoms with Crippen molar-refractivity contribution in [2.24, 2.45) is 7.05 Å². The van der Waals surface area contributed by atoms with E-state index in [1.54, 1.807) is 18.4 Å². The van der Waals surface area contributed by atoms with Gasteiger partial charge in [0.25, 0.3) is 5.56 Å². The Kier molecular flexibility index (Phi) is 4.34. The molecule has 1 unspecified atom stereocenters. The van der Waals surface area contributed by atoms with Crippen molar-refractivity contribution in [3.63, 3.8) is 0 Å². The van der Waals surface area contributed by atoms with E-state index < -0.39 is 17.3 Å². The summed E-state index contributed by atoms with van der Waals surface area (Å²) >= 11 is 0. The molecule has 1 atom stereocenters. The number of ketones is 1. The summed E-state index contributed by atoms with van der Waals surface area (Å²) in [5, 5.41) is 0. The highest BCUT2D eigenvalue weighted by Crippen LogP contribution is 2.25. The van der Waals surface area contributed by atoms with Crippen molar-refractivity contribution in [2.75, 3.05) is 0 Å². The first kappa shape index (κ1) is 19.9. The topological polar surface area (TPSA) is 83.3 Å². The molecule has 8 heteroatoms. The van der Waals surface area contributed by atoms with Crippen LogP contribution in [0.3, 0.4) is 0 Å². The fourth-order valence-electron chi connectivity index (χ4n) is 4.13. The van der Waals surface area contributed by atoms with Gasteiger partial charge in [-0.3, -0.25) is 23.1 Å². The normalized spacial score (nSPS) is 12.8. The van der Waals surface area contributed by atoms with Crippen LogP contribution in [-0.2, 0) is 11.8 Å². The van der Waals surface area contributed by atoms with E-state index >= 15 is 0 Å². The van der Waals surface area contributed by atoms with Crippen LogP contribution in [0.5, 0.6) is 0 Å². The van der Waals surface area contributed by atoms with Crippen molar-refractivity contribution in [1.82, 2.24) is 23.1 Å². The highest BCUT2D eigenvalue weighted by atomic mass is 16.2. The Balaban J connectivity index is 2.21. The van der Waals surface area contributed by atoms with Crippen LogP contribution in [0.15, 0.2) is 27.8 Å². The summed E-state index contributed by atoms with van der Waals surface area (Å²) < 4.78 is 6.14. The Labute approximate surface area is 173 Å². The minimum Gasteiger partial charge on any atom is -0.298 e. The predicted octanol–water partition coefficient (Wildman–Crippen LogP) is 2.52. The van der Waals surface area contributed by atoms with Crippen molar-refractivity contribution in [1.29, 1.82) is 0 Å². The molecule has 4 rings (SSSR count). The van der Waals surface area contributed by atoms with E-state index in [0.717, 1.165) is 32.8 Å². The number of carbonyl (C=O) groups is 1. The van der Waals surface area contributed by atoms with Gasteiger partial charge in [0, 0.05) is 24.1 Å². The Morgan fingerprint density at radius 3 is 2.17 bits per heavy atom. The van der Waals surface area contributed by atoms with Gasteiger partial charge >= 0.3 is 5.69 Å². The fourth-order valence-corrected chi connectivity index (χ4v) is 4.13. The minimum atomic E-state index is -0.853. The first-order chi connectivity index (χ1) is 14.0. The van der Waals surface area contributed by atoms with Gasteiger partial charge in [-0.05, 0) is 64.8 Å². The van der Waals surface area contributed by atoms with Crippen LogP contribution >= 0.6 is 0 Å². The molecule has 8 nitrogen and oxygen atoms in total. The number of imidazole rings is 2. The summed E-state index contributed by atoms with van der Waals surface area (Å²) in [4.78, 5) is 42.9. The second kappa shape index (κ2) is 6.55. The molecule has 4 aromatic rings. The lowest BCUT2D eigenvalue weighted by molar-refractivity contribution is -0.119. The fraction of sp³-hybridized carbons (Fsp3) is 0.364. The molecule has 0 aliphatic rings. The molecule has 156 valence electrons. The first-order valence-electron chi connectivity index (χ1n) is 9.85. The molecule has 0 fully saturated rings. The van der Waals surface area contributed by atoms with Gasteiger partial charge in [0.2, 0.25) is 5.78 Å². The van der Waals surface area contributed by atoms with Crippen molar-refractivity contribution in [3.8, 4) is 5.69 Å². The second-order valence-electron chi connectivity index (χ2n) is 8.07. The molecule has 0 saturated carbocycles. The van der Waals surface area contributed by atoms with Crippen molar-refractivity contribution >= 4 is 22.7 Å². The largest absolute Gasteiger partial charge is 0.333 e. The summed E-state index contributed by atoms with van der Waals surface area (Å²) in [5.41, 5.74) is 4.52. The van der Waals surface area contributed by atoms with E-state index in [2.05, 4.69) is 23.2 Å². The van der Waals surface area contributed by atoms with Crippen LogP contribution in [-0.4, -0.2) is 28.9 Å². The van der Waals surface area contributed by atoms with Gasteiger partial charge in [-0.25, -0.2) is 9.36 Å². The number of hydrogen-bond acceptors (Lipinski definition) is 4. The van der Waals surface area contributed by atoms with Gasteiger partial charge in [-0.2, -0.15) is 4.98 Å². The number of fused-ring (bicyclic) bond motifs is 3. The van der Waals surface area contributed by atoms with Gasteiger partial charge in [-0.15, -0.1) is 0 Å². The Morgan fingerprint density at radius 1 is 1.00 bits per heavy atom. The highest BCUT2D eigenvalue weighted by Gasteiger charge is 2.25. The Hall–Kier alpha value is -3.42. The molecular formula is C22H25N5O3. The summed E-state index contributed by atoms with van der Waals surface area (Å²) in [5.74, 6) is 0.306. The van der Waals surface area contributed by atoms with E-state index in [-0.39, 0.29) is 5.78 Å². The van der Waals surface area contributed by atoms with E-state index in [1.165, 1.54) is 11.5 Å². The first-order valence-corrected chi connectivity index (χ1v) is 9.85. The van der Waals surface area contributed by atoms with E-state index in [4.69, 9.17) is 0 Å². The van der Waals surface area contributed by atoms with Crippen LogP contribution in [0.25, 0.3) is 22.6 Å². The van der Waals surface area contributed by atoms with Crippen LogP contribution in [0, 0.1) is 27.7 Å². The van der Waals surface area contributed by atoms with Gasteiger partial charge in [0.15, 0.2) is 16.9 Å². The van der Waals surface area contributed by atoms with Crippen LogP contribution < -0.4 is 11.2 Å². The molecule has 0 spiro atoms. The number of hydrogen-bond donors (Lipinski definition) is 0. The minimum absolute atomic E-state index is 0.255. The number of aryl methyl sites for hydroxylation is 4. The number of nitrogens with zero attached hydrogens (tertiary/aromatic N) is 5. The zero-order valence-electron chi connectivity index (χ0n) is 18.3. The number of benzene rings is 1. The van der Waals surface area contributed by atoms with Crippen molar-refractivity contribution < 1.29 is 4.79 Å². The molecule has 0 radical (unpaired) electrons. The quantitative estimate of drug-likeness (QED) is 0.522. The van der Waals surface area contributed by atoms with Gasteiger partial charge in [0.05, 0.1) is 6.04 Å². The Bertz CT molecular complexity index is 1460. The lowest BCUT2D eigenvalue weighted by atomic mass is 10.1. The number of Topliss-reactive ketones (excluding diaryl/α,β-unsaturated/α-hetero) is 1. The van der Waals surface area contributed by atoms with Crippen LogP contribution in [0.4, 0.5) is 0 Å². The summed E-state index contributed by atoms with van der Waals surface area (Å²) in [7, 11) is 1.57. The molecule has 0 N–H and O–H groups in total. The molecule has 0 saturated heterocycles. The highest BCUT2D eigenvalue weighted by molar-refractivity contribution is 5.81. The molecule has 0 bridgehead atoms. The lowest BCUT2D eigenvalue weighted by Gasteiger charge is -2.12. The average Bonchev–Trinajstić information content (AvgIpc) is 3.15. The van der Waals surface area contributed by atoms with Crippen LogP contribution in [0.1, 0.15) is 42.4 Å². The summed E-state index contributed by atoms with van der Waals surface area (Å²) in [6, 6.07) is 5.37. The predicted molar refractivity (Wildman–Crippen MR) is 116 cm³/mol. The van der Waals surface area contributed by atoms with Crippen molar-refractivity contribution in [2.45, 2.75) is 47.6 Å². The average molecular weight is 407 g/mol. The third-order valence-electron chi connectivity index (χ3n) is 5.91. The number of carbonyl (C=O) groups excluding carboxylic acids is 1. The maximum atomic E-state index is 13.4.